The molecule has 0 spiro atoms. The van der Waals surface area contributed by atoms with Gasteiger partial charge in [0.05, 0.1) is 11.7 Å². The summed E-state index contributed by atoms with van der Waals surface area (Å²) in [5, 5.41) is 3.57. The summed E-state index contributed by atoms with van der Waals surface area (Å²) in [6.07, 6.45) is 6.67. The molecule has 0 radical (unpaired) electrons. The van der Waals surface area contributed by atoms with Crippen molar-refractivity contribution in [3.8, 4) is 0 Å². The number of benzene rings is 1. The Kier molecular flexibility index (Phi) is 5.66. The molecule has 1 atom stereocenters. The molecule has 1 unspecified atom stereocenters. The van der Waals surface area contributed by atoms with Gasteiger partial charge in [0.25, 0.3) is 0 Å². The molecule has 1 N–H and O–H groups in total. The van der Waals surface area contributed by atoms with Gasteiger partial charge in [0.2, 0.25) is 0 Å². The summed E-state index contributed by atoms with van der Waals surface area (Å²) >= 11 is 0. The first-order valence-electron chi connectivity index (χ1n) is 8.14. The molecule has 0 aromatic heterocycles. The van der Waals surface area contributed by atoms with Crippen molar-refractivity contribution in [3.05, 3.63) is 29.8 Å². The third kappa shape index (κ3) is 4.76. The summed E-state index contributed by atoms with van der Waals surface area (Å²) in [6, 6.07) is 8.09. The minimum absolute atomic E-state index is 0.0818. The number of ether oxygens (including phenoxy) is 1. The second-order valence-corrected chi connectivity index (χ2v) is 6.36. The van der Waals surface area contributed by atoms with Crippen LogP contribution in [0.1, 0.15) is 63.2 Å². The zero-order valence-corrected chi connectivity index (χ0v) is 13.4. The number of carbonyl (C=O) groups is 1. The highest BCUT2D eigenvalue weighted by Crippen LogP contribution is 2.28. The third-order valence-corrected chi connectivity index (χ3v) is 4.21. The molecule has 0 heterocycles. The Balaban J connectivity index is 1.91. The first-order valence-corrected chi connectivity index (χ1v) is 8.14. The molecule has 21 heavy (non-hydrogen) atoms. The van der Waals surface area contributed by atoms with Gasteiger partial charge in [-0.3, -0.25) is 0 Å². The molecule has 0 amide bonds. The maximum atomic E-state index is 11.8. The molecule has 1 fully saturated rings. The fourth-order valence-electron chi connectivity index (χ4n) is 3.00. The van der Waals surface area contributed by atoms with E-state index in [-0.39, 0.29) is 12.1 Å². The van der Waals surface area contributed by atoms with E-state index >= 15 is 0 Å². The van der Waals surface area contributed by atoms with Gasteiger partial charge in [-0.25, -0.2) is 4.79 Å². The van der Waals surface area contributed by atoms with Gasteiger partial charge in [-0.05, 0) is 63.8 Å². The van der Waals surface area contributed by atoms with Crippen molar-refractivity contribution in [2.45, 2.75) is 65.0 Å². The summed E-state index contributed by atoms with van der Waals surface area (Å²) < 4.78 is 5.19. The van der Waals surface area contributed by atoms with E-state index < -0.39 is 0 Å². The Morgan fingerprint density at radius 2 is 1.71 bits per heavy atom. The van der Waals surface area contributed by atoms with Gasteiger partial charge in [-0.2, -0.15) is 0 Å². The molecule has 3 nitrogen and oxygen atoms in total. The zero-order chi connectivity index (χ0) is 15.2. The van der Waals surface area contributed by atoms with Crippen molar-refractivity contribution in [2.75, 3.05) is 5.32 Å². The van der Waals surface area contributed by atoms with Gasteiger partial charge in [0.1, 0.15) is 0 Å². The van der Waals surface area contributed by atoms with Crippen LogP contribution in [-0.2, 0) is 4.74 Å². The van der Waals surface area contributed by atoms with Crippen LogP contribution in [0.5, 0.6) is 0 Å². The number of anilines is 1. The van der Waals surface area contributed by atoms with Gasteiger partial charge in [0.15, 0.2) is 0 Å². The molecule has 1 aliphatic carbocycles. The number of carbonyl (C=O) groups excluding carboxylic acids is 1. The maximum Gasteiger partial charge on any atom is 0.338 e. The van der Waals surface area contributed by atoms with Crippen molar-refractivity contribution >= 4 is 11.7 Å². The minimum atomic E-state index is -0.253. The van der Waals surface area contributed by atoms with E-state index in [0.717, 1.165) is 11.6 Å². The number of esters is 1. The van der Waals surface area contributed by atoms with Crippen LogP contribution in [0.15, 0.2) is 24.3 Å². The van der Waals surface area contributed by atoms with Crippen molar-refractivity contribution < 1.29 is 9.53 Å². The van der Waals surface area contributed by atoms with Crippen LogP contribution in [0, 0.1) is 5.92 Å². The van der Waals surface area contributed by atoms with Crippen LogP contribution in [0.3, 0.4) is 0 Å². The van der Waals surface area contributed by atoms with Gasteiger partial charge < -0.3 is 10.1 Å². The highest BCUT2D eigenvalue weighted by Gasteiger charge is 2.19. The monoisotopic (exact) mass is 289 g/mol. The predicted molar refractivity (Wildman–Crippen MR) is 86.7 cm³/mol. The molecule has 116 valence electrons. The first-order chi connectivity index (χ1) is 10.1. The van der Waals surface area contributed by atoms with Crippen LogP contribution in [0.25, 0.3) is 0 Å². The van der Waals surface area contributed by atoms with Crippen molar-refractivity contribution in [3.63, 3.8) is 0 Å². The highest BCUT2D eigenvalue weighted by atomic mass is 16.5. The van der Waals surface area contributed by atoms with E-state index in [4.69, 9.17) is 4.74 Å². The Labute approximate surface area is 128 Å². The number of hydrogen-bond acceptors (Lipinski definition) is 3. The lowest BCUT2D eigenvalue weighted by molar-refractivity contribution is 0.0378. The predicted octanol–water partition coefficient (Wildman–Crippen LogP) is 4.63. The summed E-state index contributed by atoms with van der Waals surface area (Å²) in [5.41, 5.74) is 1.69. The molecule has 1 aromatic rings. The smallest absolute Gasteiger partial charge is 0.338 e. The van der Waals surface area contributed by atoms with Crippen LogP contribution in [0.4, 0.5) is 5.69 Å². The average Bonchev–Trinajstić information content (AvgIpc) is 2.48. The van der Waals surface area contributed by atoms with Crippen LogP contribution < -0.4 is 5.32 Å². The number of hydrogen-bond donors (Lipinski definition) is 1. The van der Waals surface area contributed by atoms with Crippen LogP contribution in [-0.4, -0.2) is 18.1 Å². The molecule has 0 bridgehead atoms. The van der Waals surface area contributed by atoms with E-state index in [2.05, 4.69) is 12.2 Å². The third-order valence-electron chi connectivity index (χ3n) is 4.21. The van der Waals surface area contributed by atoms with Crippen LogP contribution >= 0.6 is 0 Å². The first kappa shape index (κ1) is 15.9. The van der Waals surface area contributed by atoms with Gasteiger partial charge >= 0.3 is 5.97 Å². The van der Waals surface area contributed by atoms with Gasteiger partial charge in [0, 0.05) is 11.7 Å². The quantitative estimate of drug-likeness (QED) is 0.803. The standard InChI is InChI=1S/C18H27NO2/c1-13(2)21-18(20)16-9-11-17(12-10-16)19-14(3)15-7-5-4-6-8-15/h9-15,19H,4-8H2,1-3H3. The molecule has 1 aromatic carbocycles. The van der Waals surface area contributed by atoms with Gasteiger partial charge in [-0.15, -0.1) is 0 Å². The van der Waals surface area contributed by atoms with E-state index in [1.807, 2.05) is 38.1 Å². The Morgan fingerprint density at radius 3 is 2.29 bits per heavy atom. The lowest BCUT2D eigenvalue weighted by atomic mass is 9.84. The fraction of sp³-hybridized carbons (Fsp3) is 0.611. The Morgan fingerprint density at radius 1 is 1.10 bits per heavy atom. The Hall–Kier alpha value is -1.51. The summed E-state index contributed by atoms with van der Waals surface area (Å²) in [5.74, 6) is 0.515. The maximum absolute atomic E-state index is 11.8. The molecule has 0 saturated heterocycles. The minimum Gasteiger partial charge on any atom is -0.459 e. The van der Waals surface area contributed by atoms with Crippen LogP contribution in [0.2, 0.25) is 0 Å². The summed E-state index contributed by atoms with van der Waals surface area (Å²) in [4.78, 5) is 11.8. The molecule has 3 heteroatoms. The molecule has 0 aliphatic heterocycles. The van der Waals surface area contributed by atoms with E-state index in [0.29, 0.717) is 11.6 Å². The van der Waals surface area contributed by atoms with Gasteiger partial charge in [-0.1, -0.05) is 19.3 Å². The van der Waals surface area contributed by atoms with E-state index in [1.54, 1.807) is 0 Å². The number of rotatable bonds is 5. The van der Waals surface area contributed by atoms with Crippen molar-refractivity contribution in [1.82, 2.24) is 0 Å². The molecular weight excluding hydrogens is 262 g/mol. The average molecular weight is 289 g/mol. The van der Waals surface area contributed by atoms with E-state index in [9.17, 15) is 4.79 Å². The largest absolute Gasteiger partial charge is 0.459 e. The fourth-order valence-corrected chi connectivity index (χ4v) is 3.00. The Bertz CT molecular complexity index is 447. The molecular formula is C18H27NO2. The van der Waals surface area contributed by atoms with Crippen molar-refractivity contribution in [1.29, 1.82) is 0 Å². The van der Waals surface area contributed by atoms with Crippen molar-refractivity contribution in [2.24, 2.45) is 5.92 Å². The SMILES string of the molecule is CC(C)OC(=O)c1ccc(NC(C)C2CCCCC2)cc1. The summed E-state index contributed by atoms with van der Waals surface area (Å²) in [6.45, 7) is 5.98. The second-order valence-electron chi connectivity index (χ2n) is 6.36. The lowest BCUT2D eigenvalue weighted by Gasteiger charge is -2.29. The lowest BCUT2D eigenvalue weighted by Crippen LogP contribution is -2.27. The molecule has 2 rings (SSSR count). The molecule has 1 saturated carbocycles. The summed E-state index contributed by atoms with van der Waals surface area (Å²) in [7, 11) is 0. The normalized spacial score (nSPS) is 17.5. The molecule has 1 aliphatic rings. The second kappa shape index (κ2) is 7.48. The topological polar surface area (TPSA) is 38.3 Å². The zero-order valence-electron chi connectivity index (χ0n) is 13.4. The highest BCUT2D eigenvalue weighted by molar-refractivity contribution is 5.89. The number of nitrogens with one attached hydrogen (secondary N) is 1. The van der Waals surface area contributed by atoms with E-state index in [1.165, 1.54) is 32.1 Å².